The van der Waals surface area contributed by atoms with Crippen LogP contribution in [-0.2, 0) is 6.54 Å². The first-order chi connectivity index (χ1) is 10.3. The van der Waals surface area contributed by atoms with Crippen molar-refractivity contribution in [2.45, 2.75) is 32.2 Å². The lowest BCUT2D eigenvalue weighted by atomic mass is 10.1. The second-order valence-electron chi connectivity index (χ2n) is 5.45. The van der Waals surface area contributed by atoms with Gasteiger partial charge in [-0.15, -0.1) is 0 Å². The third kappa shape index (κ3) is 3.70. The van der Waals surface area contributed by atoms with E-state index in [9.17, 15) is 0 Å². The van der Waals surface area contributed by atoms with Gasteiger partial charge in [0.1, 0.15) is 5.75 Å². The molecule has 3 heteroatoms. The summed E-state index contributed by atoms with van der Waals surface area (Å²) < 4.78 is 5.63. The summed E-state index contributed by atoms with van der Waals surface area (Å²) in [6, 6.07) is 14.5. The van der Waals surface area contributed by atoms with Crippen LogP contribution in [0.5, 0.6) is 5.75 Å². The summed E-state index contributed by atoms with van der Waals surface area (Å²) in [6.07, 6.45) is 2.67. The Bertz CT molecular complexity index is 622. The summed E-state index contributed by atoms with van der Waals surface area (Å²) >= 11 is 6.08. The summed E-state index contributed by atoms with van der Waals surface area (Å²) in [5, 5.41) is 4.15. The van der Waals surface area contributed by atoms with Gasteiger partial charge in [-0.25, -0.2) is 0 Å². The molecule has 2 nitrogen and oxygen atoms in total. The van der Waals surface area contributed by atoms with Crippen LogP contribution in [-0.4, -0.2) is 6.61 Å². The highest BCUT2D eigenvalue weighted by Crippen LogP contribution is 2.40. The van der Waals surface area contributed by atoms with Crippen LogP contribution in [0.1, 0.15) is 36.8 Å². The van der Waals surface area contributed by atoms with Crippen LogP contribution in [0.25, 0.3) is 0 Å². The van der Waals surface area contributed by atoms with E-state index in [2.05, 4.69) is 29.6 Å². The van der Waals surface area contributed by atoms with Crippen LogP contribution >= 0.6 is 11.6 Å². The molecule has 0 radical (unpaired) electrons. The Morgan fingerprint density at radius 2 is 2.05 bits per heavy atom. The van der Waals surface area contributed by atoms with E-state index in [-0.39, 0.29) is 0 Å². The molecule has 1 fully saturated rings. The molecule has 0 bridgehead atoms. The molecule has 0 heterocycles. The molecule has 0 amide bonds. The first kappa shape index (κ1) is 14.3. The second-order valence-corrected chi connectivity index (χ2v) is 5.88. The van der Waals surface area contributed by atoms with Crippen molar-refractivity contribution in [1.82, 2.24) is 0 Å². The Kier molecular flexibility index (Phi) is 4.35. The molecule has 2 aromatic rings. The zero-order valence-corrected chi connectivity index (χ0v) is 13.0. The number of benzene rings is 2. The van der Waals surface area contributed by atoms with Gasteiger partial charge < -0.3 is 10.1 Å². The fourth-order valence-corrected chi connectivity index (χ4v) is 2.66. The number of nitrogens with one attached hydrogen (secondary N) is 1. The molecule has 1 saturated carbocycles. The predicted octanol–water partition coefficient (Wildman–Crippen LogP) is 5.23. The van der Waals surface area contributed by atoms with E-state index in [0.717, 1.165) is 23.9 Å². The van der Waals surface area contributed by atoms with Crippen molar-refractivity contribution in [2.24, 2.45) is 0 Å². The number of ether oxygens (including phenoxy) is 1. The smallest absolute Gasteiger partial charge is 0.142 e. The maximum Gasteiger partial charge on any atom is 0.142 e. The van der Waals surface area contributed by atoms with Crippen molar-refractivity contribution < 1.29 is 4.74 Å². The summed E-state index contributed by atoms with van der Waals surface area (Å²) in [4.78, 5) is 0. The van der Waals surface area contributed by atoms with Crippen LogP contribution < -0.4 is 10.1 Å². The van der Waals surface area contributed by atoms with E-state index in [4.69, 9.17) is 16.3 Å². The highest BCUT2D eigenvalue weighted by atomic mass is 35.5. The van der Waals surface area contributed by atoms with Gasteiger partial charge in [-0.1, -0.05) is 35.9 Å². The number of hydrogen-bond donors (Lipinski definition) is 1. The standard InChI is InChI=1S/C18H20ClNO/c1-2-21-18-9-8-16(19)11-17(18)20-12-13-4-3-5-15(10-13)14-6-7-14/h3-5,8-11,14,20H,2,6-7,12H2,1H3. The van der Waals surface area contributed by atoms with E-state index < -0.39 is 0 Å². The van der Waals surface area contributed by atoms with Crippen LogP contribution in [0.3, 0.4) is 0 Å². The average molecular weight is 302 g/mol. The van der Waals surface area contributed by atoms with Gasteiger partial charge in [0, 0.05) is 11.6 Å². The zero-order valence-electron chi connectivity index (χ0n) is 12.2. The van der Waals surface area contributed by atoms with Gasteiger partial charge in [-0.05, 0) is 55.0 Å². The van der Waals surface area contributed by atoms with Gasteiger partial charge in [0.25, 0.3) is 0 Å². The highest BCUT2D eigenvalue weighted by molar-refractivity contribution is 6.30. The van der Waals surface area contributed by atoms with Crippen LogP contribution in [0.15, 0.2) is 42.5 Å². The number of hydrogen-bond acceptors (Lipinski definition) is 2. The Balaban J connectivity index is 1.72. The van der Waals surface area contributed by atoms with Crippen LogP contribution in [0.2, 0.25) is 5.02 Å². The van der Waals surface area contributed by atoms with E-state index in [1.54, 1.807) is 0 Å². The molecule has 3 rings (SSSR count). The third-order valence-corrected chi connectivity index (χ3v) is 3.96. The molecule has 110 valence electrons. The Morgan fingerprint density at radius 3 is 2.81 bits per heavy atom. The lowest BCUT2D eigenvalue weighted by Gasteiger charge is -2.13. The lowest BCUT2D eigenvalue weighted by Crippen LogP contribution is -2.03. The maximum absolute atomic E-state index is 6.08. The molecule has 0 spiro atoms. The largest absolute Gasteiger partial charge is 0.492 e. The van der Waals surface area contributed by atoms with Crippen LogP contribution in [0.4, 0.5) is 5.69 Å². The topological polar surface area (TPSA) is 21.3 Å². The molecule has 1 aliphatic carbocycles. The van der Waals surface area contributed by atoms with Crippen molar-refractivity contribution in [1.29, 1.82) is 0 Å². The van der Waals surface area contributed by atoms with Crippen molar-refractivity contribution in [2.75, 3.05) is 11.9 Å². The second kappa shape index (κ2) is 6.40. The summed E-state index contributed by atoms with van der Waals surface area (Å²) in [5.74, 6) is 1.63. The molecule has 21 heavy (non-hydrogen) atoms. The van der Waals surface area contributed by atoms with Crippen molar-refractivity contribution in [3.05, 3.63) is 58.6 Å². The molecular formula is C18H20ClNO. The fourth-order valence-electron chi connectivity index (χ4n) is 2.49. The molecule has 0 atom stereocenters. The predicted molar refractivity (Wildman–Crippen MR) is 88.4 cm³/mol. The minimum absolute atomic E-state index is 0.646. The van der Waals surface area contributed by atoms with Gasteiger partial charge in [-0.3, -0.25) is 0 Å². The quantitative estimate of drug-likeness (QED) is 0.789. The van der Waals surface area contributed by atoms with E-state index in [1.807, 2.05) is 25.1 Å². The molecule has 2 aromatic carbocycles. The van der Waals surface area contributed by atoms with Gasteiger partial charge in [0.05, 0.1) is 12.3 Å². The van der Waals surface area contributed by atoms with Gasteiger partial charge >= 0.3 is 0 Å². The first-order valence-corrected chi connectivity index (χ1v) is 7.89. The molecule has 0 aliphatic heterocycles. The number of halogens is 1. The highest BCUT2D eigenvalue weighted by Gasteiger charge is 2.23. The Hall–Kier alpha value is -1.67. The SMILES string of the molecule is CCOc1ccc(Cl)cc1NCc1cccc(C2CC2)c1. The summed E-state index contributed by atoms with van der Waals surface area (Å²) in [5.41, 5.74) is 3.70. The minimum atomic E-state index is 0.646. The third-order valence-electron chi connectivity index (χ3n) is 3.72. The molecule has 1 N–H and O–H groups in total. The lowest BCUT2D eigenvalue weighted by molar-refractivity contribution is 0.341. The average Bonchev–Trinajstić information content (AvgIpc) is 3.33. The van der Waals surface area contributed by atoms with Gasteiger partial charge in [0.15, 0.2) is 0 Å². The zero-order chi connectivity index (χ0) is 14.7. The summed E-state index contributed by atoms with van der Waals surface area (Å²) in [6.45, 7) is 3.41. The number of rotatable bonds is 6. The monoisotopic (exact) mass is 301 g/mol. The van der Waals surface area contributed by atoms with E-state index in [1.165, 1.54) is 24.0 Å². The van der Waals surface area contributed by atoms with E-state index >= 15 is 0 Å². The van der Waals surface area contributed by atoms with Gasteiger partial charge in [0.2, 0.25) is 0 Å². The van der Waals surface area contributed by atoms with Crippen molar-refractivity contribution in [3.63, 3.8) is 0 Å². The van der Waals surface area contributed by atoms with Crippen molar-refractivity contribution >= 4 is 17.3 Å². The molecule has 0 saturated heterocycles. The first-order valence-electron chi connectivity index (χ1n) is 7.51. The van der Waals surface area contributed by atoms with Crippen LogP contribution in [0, 0.1) is 0 Å². The van der Waals surface area contributed by atoms with Gasteiger partial charge in [-0.2, -0.15) is 0 Å². The maximum atomic E-state index is 6.08. The Morgan fingerprint density at radius 1 is 1.19 bits per heavy atom. The Labute approximate surface area is 131 Å². The summed E-state index contributed by atoms with van der Waals surface area (Å²) in [7, 11) is 0. The molecule has 0 unspecified atom stereocenters. The normalized spacial score (nSPS) is 14.0. The van der Waals surface area contributed by atoms with Crippen molar-refractivity contribution in [3.8, 4) is 5.75 Å². The fraction of sp³-hybridized carbons (Fsp3) is 0.333. The minimum Gasteiger partial charge on any atom is -0.492 e. The molecular weight excluding hydrogens is 282 g/mol. The molecule has 1 aliphatic rings. The molecule has 0 aromatic heterocycles. The number of anilines is 1. The van der Waals surface area contributed by atoms with E-state index in [0.29, 0.717) is 11.6 Å².